The quantitative estimate of drug-likeness (QED) is 0.895. The number of ether oxygens (including phenoxy) is 2. The topological polar surface area (TPSA) is 68.7 Å². The molecular formula is C8H8BrNO4. The van der Waals surface area contributed by atoms with Crippen LogP contribution < -0.4 is 9.47 Å². The Labute approximate surface area is 88.8 Å². The van der Waals surface area contributed by atoms with E-state index in [1.54, 1.807) is 0 Å². The predicted octanol–water partition coefficient (Wildman–Crippen LogP) is 1.56. The number of methoxy groups -OCH3 is 2. The van der Waals surface area contributed by atoms with Gasteiger partial charge < -0.3 is 14.6 Å². The molecule has 1 N–H and O–H groups in total. The molecule has 1 rings (SSSR count). The van der Waals surface area contributed by atoms with E-state index < -0.39 is 5.97 Å². The first kappa shape index (κ1) is 10.8. The van der Waals surface area contributed by atoms with Crippen molar-refractivity contribution in [3.63, 3.8) is 0 Å². The molecule has 0 saturated carbocycles. The number of aromatic carboxylic acids is 1. The average molecular weight is 262 g/mol. The number of carbonyl (C=O) groups is 1. The van der Waals surface area contributed by atoms with Gasteiger partial charge in [-0.3, -0.25) is 0 Å². The third-order valence-electron chi connectivity index (χ3n) is 1.57. The van der Waals surface area contributed by atoms with Crippen molar-refractivity contribution in [3.05, 3.63) is 16.2 Å². The molecule has 0 aromatic carbocycles. The molecule has 1 aromatic heterocycles. The monoisotopic (exact) mass is 261 g/mol. The maximum Gasteiger partial charge on any atom is 0.341 e. The minimum atomic E-state index is -1.10. The van der Waals surface area contributed by atoms with E-state index in [2.05, 4.69) is 20.9 Å². The highest BCUT2D eigenvalue weighted by Gasteiger charge is 2.18. The first-order valence-corrected chi connectivity index (χ1v) is 4.40. The second-order valence-corrected chi connectivity index (χ2v) is 3.13. The van der Waals surface area contributed by atoms with E-state index in [1.165, 1.54) is 20.4 Å². The molecule has 0 aliphatic heterocycles. The largest absolute Gasteiger partial charge is 0.494 e. The third kappa shape index (κ3) is 1.79. The van der Waals surface area contributed by atoms with Crippen LogP contribution in [0.2, 0.25) is 0 Å². The summed E-state index contributed by atoms with van der Waals surface area (Å²) in [6, 6.07) is 0. The predicted molar refractivity (Wildman–Crippen MR) is 52.0 cm³/mol. The number of hydrogen-bond donors (Lipinski definition) is 1. The average Bonchev–Trinajstić information content (AvgIpc) is 2.17. The highest BCUT2D eigenvalue weighted by atomic mass is 79.9. The van der Waals surface area contributed by atoms with Crippen molar-refractivity contribution < 1.29 is 19.4 Å². The van der Waals surface area contributed by atoms with Gasteiger partial charge in [-0.15, -0.1) is 0 Å². The minimum absolute atomic E-state index is 0.0137. The molecule has 14 heavy (non-hydrogen) atoms. The molecule has 0 aliphatic rings. The zero-order valence-electron chi connectivity index (χ0n) is 7.57. The van der Waals surface area contributed by atoms with E-state index in [9.17, 15) is 4.79 Å². The summed E-state index contributed by atoms with van der Waals surface area (Å²) < 4.78 is 10.2. The number of halogens is 1. The van der Waals surface area contributed by atoms with Crippen molar-refractivity contribution in [3.8, 4) is 11.6 Å². The zero-order valence-corrected chi connectivity index (χ0v) is 9.16. The number of pyridine rings is 1. The van der Waals surface area contributed by atoms with Crippen molar-refractivity contribution in [2.24, 2.45) is 0 Å². The molecule has 0 saturated heterocycles. The van der Waals surface area contributed by atoms with E-state index in [4.69, 9.17) is 14.6 Å². The lowest BCUT2D eigenvalue weighted by Crippen LogP contribution is -2.03. The van der Waals surface area contributed by atoms with Crippen LogP contribution in [0.25, 0.3) is 0 Å². The molecule has 0 amide bonds. The Morgan fingerprint density at radius 3 is 2.57 bits per heavy atom. The molecule has 0 bridgehead atoms. The minimum Gasteiger partial charge on any atom is -0.494 e. The van der Waals surface area contributed by atoms with Crippen molar-refractivity contribution >= 4 is 21.9 Å². The van der Waals surface area contributed by atoms with Crippen LogP contribution in [-0.4, -0.2) is 30.3 Å². The highest BCUT2D eigenvalue weighted by Crippen LogP contribution is 2.34. The summed E-state index contributed by atoms with van der Waals surface area (Å²) >= 11 is 3.14. The van der Waals surface area contributed by atoms with Gasteiger partial charge in [-0.05, 0) is 15.9 Å². The summed E-state index contributed by atoms with van der Waals surface area (Å²) in [5.74, 6) is -0.617. The van der Waals surface area contributed by atoms with Gasteiger partial charge in [0, 0.05) is 6.20 Å². The van der Waals surface area contributed by atoms with E-state index in [0.29, 0.717) is 4.47 Å². The molecule has 5 nitrogen and oxygen atoms in total. The molecule has 0 spiro atoms. The van der Waals surface area contributed by atoms with Gasteiger partial charge in [0.15, 0.2) is 5.75 Å². The number of rotatable bonds is 3. The Morgan fingerprint density at radius 2 is 2.14 bits per heavy atom. The summed E-state index contributed by atoms with van der Waals surface area (Å²) in [6.45, 7) is 0. The molecule has 76 valence electrons. The van der Waals surface area contributed by atoms with Gasteiger partial charge in [0.25, 0.3) is 0 Å². The lowest BCUT2D eigenvalue weighted by Gasteiger charge is -2.09. The van der Waals surface area contributed by atoms with Gasteiger partial charge in [-0.2, -0.15) is 0 Å². The van der Waals surface area contributed by atoms with Crippen LogP contribution in [0.1, 0.15) is 10.4 Å². The van der Waals surface area contributed by atoms with Crippen molar-refractivity contribution in [1.82, 2.24) is 4.98 Å². The second kappa shape index (κ2) is 4.28. The van der Waals surface area contributed by atoms with Gasteiger partial charge in [-0.1, -0.05) is 0 Å². The number of carboxylic acids is 1. The fourth-order valence-electron chi connectivity index (χ4n) is 0.948. The summed E-state index contributed by atoms with van der Waals surface area (Å²) in [6.07, 6.45) is 1.19. The van der Waals surface area contributed by atoms with Gasteiger partial charge in [0.05, 0.1) is 14.2 Å². The lowest BCUT2D eigenvalue weighted by molar-refractivity contribution is 0.0692. The van der Waals surface area contributed by atoms with E-state index in [0.717, 1.165) is 0 Å². The van der Waals surface area contributed by atoms with E-state index >= 15 is 0 Å². The Morgan fingerprint density at radius 1 is 1.50 bits per heavy atom. The number of aromatic nitrogens is 1. The first-order valence-electron chi connectivity index (χ1n) is 3.61. The van der Waals surface area contributed by atoms with Gasteiger partial charge in [0.2, 0.25) is 5.88 Å². The van der Waals surface area contributed by atoms with Gasteiger partial charge in [-0.25, -0.2) is 9.78 Å². The molecule has 0 fully saturated rings. The van der Waals surface area contributed by atoms with E-state index in [-0.39, 0.29) is 17.2 Å². The Kier molecular flexibility index (Phi) is 3.29. The van der Waals surface area contributed by atoms with E-state index in [1.807, 2.05) is 0 Å². The second-order valence-electron chi connectivity index (χ2n) is 2.33. The number of nitrogens with zero attached hydrogens (tertiary/aromatic N) is 1. The normalized spacial score (nSPS) is 9.64. The molecule has 0 aliphatic carbocycles. The fraction of sp³-hybridized carbons (Fsp3) is 0.250. The standard InChI is InChI=1S/C8H8BrNO4/c1-13-6-4(8(11)12)3-10-7(14-2)5(6)9/h3H,1-2H3,(H,11,12). The summed E-state index contributed by atoms with van der Waals surface area (Å²) in [5, 5.41) is 8.80. The summed E-state index contributed by atoms with van der Waals surface area (Å²) in [7, 11) is 2.82. The van der Waals surface area contributed by atoms with Gasteiger partial charge in [0.1, 0.15) is 10.0 Å². The SMILES string of the molecule is COc1ncc(C(=O)O)c(OC)c1Br. The Balaban J connectivity index is 3.35. The van der Waals surface area contributed by atoms with Crippen LogP contribution >= 0.6 is 15.9 Å². The Hall–Kier alpha value is -1.30. The van der Waals surface area contributed by atoms with Crippen LogP contribution in [-0.2, 0) is 0 Å². The van der Waals surface area contributed by atoms with Crippen LogP contribution in [0.3, 0.4) is 0 Å². The van der Waals surface area contributed by atoms with Crippen LogP contribution in [0.5, 0.6) is 11.6 Å². The molecule has 0 radical (unpaired) electrons. The fourth-order valence-corrected chi connectivity index (χ4v) is 1.59. The van der Waals surface area contributed by atoms with Gasteiger partial charge >= 0.3 is 5.97 Å². The number of hydrogen-bond acceptors (Lipinski definition) is 4. The highest BCUT2D eigenvalue weighted by molar-refractivity contribution is 9.10. The molecular weight excluding hydrogens is 254 g/mol. The maximum atomic E-state index is 10.8. The van der Waals surface area contributed by atoms with Crippen molar-refractivity contribution in [2.75, 3.05) is 14.2 Å². The van der Waals surface area contributed by atoms with Crippen molar-refractivity contribution in [2.45, 2.75) is 0 Å². The van der Waals surface area contributed by atoms with Crippen LogP contribution in [0, 0.1) is 0 Å². The maximum absolute atomic E-state index is 10.8. The number of carboxylic acid groups (broad SMARTS) is 1. The van der Waals surface area contributed by atoms with Crippen LogP contribution in [0.4, 0.5) is 0 Å². The molecule has 1 heterocycles. The van der Waals surface area contributed by atoms with Crippen molar-refractivity contribution in [1.29, 1.82) is 0 Å². The van der Waals surface area contributed by atoms with Crippen LogP contribution in [0.15, 0.2) is 10.7 Å². The lowest BCUT2D eigenvalue weighted by atomic mass is 10.2. The first-order chi connectivity index (χ1) is 6.61. The molecule has 0 atom stereocenters. The third-order valence-corrected chi connectivity index (χ3v) is 2.27. The summed E-state index contributed by atoms with van der Waals surface area (Å²) in [5.41, 5.74) is -0.0137. The Bertz CT molecular complexity index is 367. The smallest absolute Gasteiger partial charge is 0.341 e. The molecule has 6 heteroatoms. The summed E-state index contributed by atoms with van der Waals surface area (Å²) in [4.78, 5) is 14.5. The molecule has 1 aromatic rings. The molecule has 0 unspecified atom stereocenters. The zero-order chi connectivity index (χ0) is 10.7.